The standard InChI is InChI=1S/C16H16F2N4O/c17-11-4-6-12(7-5-11)19-16(23)20-13-8-9-22(10-13)15-3-1-2-14(18)21-15/h1-7,13H,8-10H2,(H2,19,20,23). The third-order valence-corrected chi connectivity index (χ3v) is 3.65. The number of carbonyl (C=O) groups is 1. The summed E-state index contributed by atoms with van der Waals surface area (Å²) in [5, 5.41) is 5.50. The summed E-state index contributed by atoms with van der Waals surface area (Å²) in [7, 11) is 0. The van der Waals surface area contributed by atoms with E-state index in [0.717, 1.165) is 6.42 Å². The lowest BCUT2D eigenvalue weighted by Gasteiger charge is -2.18. The van der Waals surface area contributed by atoms with Crippen molar-refractivity contribution >= 4 is 17.5 Å². The van der Waals surface area contributed by atoms with Crippen molar-refractivity contribution in [2.75, 3.05) is 23.3 Å². The van der Waals surface area contributed by atoms with Crippen LogP contribution < -0.4 is 15.5 Å². The van der Waals surface area contributed by atoms with Crippen LogP contribution in [0.15, 0.2) is 42.5 Å². The topological polar surface area (TPSA) is 57.3 Å². The molecule has 2 heterocycles. The predicted molar refractivity (Wildman–Crippen MR) is 83.4 cm³/mol. The van der Waals surface area contributed by atoms with Gasteiger partial charge in [0.15, 0.2) is 0 Å². The minimum absolute atomic E-state index is 0.0551. The number of hydrogen-bond acceptors (Lipinski definition) is 3. The Morgan fingerprint density at radius 1 is 1.17 bits per heavy atom. The van der Waals surface area contributed by atoms with Crippen LogP contribution in [-0.4, -0.2) is 30.1 Å². The van der Waals surface area contributed by atoms with Gasteiger partial charge in [-0.1, -0.05) is 6.07 Å². The summed E-state index contributed by atoms with van der Waals surface area (Å²) in [4.78, 5) is 17.7. The molecule has 1 aromatic carbocycles. The second-order valence-corrected chi connectivity index (χ2v) is 5.36. The van der Waals surface area contributed by atoms with Crippen LogP contribution in [0.4, 0.5) is 25.1 Å². The number of urea groups is 1. The molecular formula is C16H16F2N4O. The average molecular weight is 318 g/mol. The van der Waals surface area contributed by atoms with Crippen LogP contribution in [-0.2, 0) is 0 Å². The number of anilines is 2. The zero-order chi connectivity index (χ0) is 16.2. The van der Waals surface area contributed by atoms with Gasteiger partial charge in [-0.2, -0.15) is 4.39 Å². The van der Waals surface area contributed by atoms with Gasteiger partial charge >= 0.3 is 6.03 Å². The number of rotatable bonds is 3. The Hall–Kier alpha value is -2.70. The number of amides is 2. The summed E-state index contributed by atoms with van der Waals surface area (Å²) in [6, 6.07) is 9.79. The minimum Gasteiger partial charge on any atom is -0.354 e. The number of pyridine rings is 1. The molecule has 2 aromatic rings. The number of aromatic nitrogens is 1. The lowest BCUT2D eigenvalue weighted by Crippen LogP contribution is -2.39. The fourth-order valence-corrected chi connectivity index (χ4v) is 2.55. The van der Waals surface area contributed by atoms with Crippen LogP contribution in [0.25, 0.3) is 0 Å². The van der Waals surface area contributed by atoms with Crippen molar-refractivity contribution in [2.45, 2.75) is 12.5 Å². The first-order valence-electron chi connectivity index (χ1n) is 7.31. The zero-order valence-electron chi connectivity index (χ0n) is 12.3. The molecule has 2 amide bonds. The van der Waals surface area contributed by atoms with Gasteiger partial charge in [-0.25, -0.2) is 14.2 Å². The highest BCUT2D eigenvalue weighted by molar-refractivity contribution is 5.89. The van der Waals surface area contributed by atoms with Crippen molar-refractivity contribution in [3.63, 3.8) is 0 Å². The predicted octanol–water partition coefficient (Wildman–Crippen LogP) is 2.76. The quantitative estimate of drug-likeness (QED) is 0.856. The van der Waals surface area contributed by atoms with Crippen molar-refractivity contribution in [1.29, 1.82) is 0 Å². The van der Waals surface area contributed by atoms with Gasteiger partial charge in [-0.15, -0.1) is 0 Å². The van der Waals surface area contributed by atoms with Crippen LogP contribution in [0.3, 0.4) is 0 Å². The highest BCUT2D eigenvalue weighted by Crippen LogP contribution is 2.18. The summed E-state index contributed by atoms with van der Waals surface area (Å²) in [5.41, 5.74) is 0.519. The van der Waals surface area contributed by atoms with Crippen LogP contribution >= 0.6 is 0 Å². The Kier molecular flexibility index (Phi) is 4.36. The Morgan fingerprint density at radius 2 is 1.96 bits per heavy atom. The van der Waals surface area contributed by atoms with Crippen molar-refractivity contribution in [3.8, 4) is 0 Å². The molecule has 0 bridgehead atoms. The van der Waals surface area contributed by atoms with Crippen LogP contribution in [0.2, 0.25) is 0 Å². The van der Waals surface area contributed by atoms with E-state index in [-0.39, 0.29) is 17.9 Å². The number of carbonyl (C=O) groups excluding carboxylic acids is 1. The van der Waals surface area contributed by atoms with Gasteiger partial charge in [0.1, 0.15) is 11.6 Å². The van der Waals surface area contributed by atoms with Gasteiger partial charge < -0.3 is 15.5 Å². The maximum atomic E-state index is 13.2. The Labute approximate surface area is 132 Å². The molecule has 0 saturated carbocycles. The Morgan fingerprint density at radius 3 is 2.70 bits per heavy atom. The highest BCUT2D eigenvalue weighted by atomic mass is 19.1. The van der Waals surface area contributed by atoms with Gasteiger partial charge in [-0.05, 0) is 42.8 Å². The van der Waals surface area contributed by atoms with Crippen molar-refractivity contribution in [2.24, 2.45) is 0 Å². The maximum absolute atomic E-state index is 13.2. The van der Waals surface area contributed by atoms with E-state index in [4.69, 9.17) is 0 Å². The van der Waals surface area contributed by atoms with Crippen LogP contribution in [0.5, 0.6) is 0 Å². The van der Waals surface area contributed by atoms with Gasteiger partial charge in [0, 0.05) is 24.8 Å². The van der Waals surface area contributed by atoms with Crippen LogP contribution in [0, 0.1) is 11.8 Å². The highest BCUT2D eigenvalue weighted by Gasteiger charge is 2.25. The molecule has 0 radical (unpaired) electrons. The van der Waals surface area contributed by atoms with Crippen molar-refractivity contribution in [1.82, 2.24) is 10.3 Å². The first-order chi connectivity index (χ1) is 11.1. The van der Waals surface area contributed by atoms with E-state index in [1.165, 1.54) is 30.3 Å². The van der Waals surface area contributed by atoms with Gasteiger partial charge in [0.25, 0.3) is 0 Å². The molecule has 120 valence electrons. The Balaban J connectivity index is 1.53. The van der Waals surface area contributed by atoms with Crippen molar-refractivity contribution in [3.05, 3.63) is 54.2 Å². The second kappa shape index (κ2) is 6.60. The molecule has 3 rings (SSSR count). The summed E-state index contributed by atoms with van der Waals surface area (Å²) in [6.07, 6.45) is 0.745. The van der Waals surface area contributed by atoms with E-state index in [1.54, 1.807) is 12.1 Å². The zero-order valence-corrected chi connectivity index (χ0v) is 12.3. The fraction of sp³-hybridized carbons (Fsp3) is 0.250. The molecule has 23 heavy (non-hydrogen) atoms. The molecule has 1 atom stereocenters. The second-order valence-electron chi connectivity index (χ2n) is 5.36. The third kappa shape index (κ3) is 3.94. The molecule has 1 unspecified atom stereocenters. The molecular weight excluding hydrogens is 302 g/mol. The third-order valence-electron chi connectivity index (χ3n) is 3.65. The summed E-state index contributed by atoms with van der Waals surface area (Å²) >= 11 is 0. The van der Waals surface area contributed by atoms with E-state index in [9.17, 15) is 13.6 Å². The Bertz CT molecular complexity index is 693. The molecule has 1 aromatic heterocycles. The van der Waals surface area contributed by atoms with E-state index in [2.05, 4.69) is 15.6 Å². The molecule has 2 N–H and O–H groups in total. The summed E-state index contributed by atoms with van der Waals surface area (Å²) in [6.45, 7) is 1.26. The smallest absolute Gasteiger partial charge is 0.319 e. The van der Waals surface area contributed by atoms with E-state index in [1.807, 2.05) is 4.90 Å². The van der Waals surface area contributed by atoms with Gasteiger partial charge in [0.2, 0.25) is 5.95 Å². The number of nitrogens with one attached hydrogen (secondary N) is 2. The SMILES string of the molecule is O=C(Nc1ccc(F)cc1)NC1CCN(c2cccc(F)n2)C1. The monoisotopic (exact) mass is 318 g/mol. The van der Waals surface area contributed by atoms with E-state index in [0.29, 0.717) is 24.6 Å². The number of nitrogens with zero attached hydrogens (tertiary/aromatic N) is 2. The molecule has 0 spiro atoms. The first kappa shape index (κ1) is 15.2. The van der Waals surface area contributed by atoms with Gasteiger partial charge in [-0.3, -0.25) is 0 Å². The molecule has 1 saturated heterocycles. The first-order valence-corrected chi connectivity index (χ1v) is 7.31. The largest absolute Gasteiger partial charge is 0.354 e. The van der Waals surface area contributed by atoms with Gasteiger partial charge in [0.05, 0.1) is 0 Å². The molecule has 7 heteroatoms. The minimum atomic E-state index is -0.520. The summed E-state index contributed by atoms with van der Waals surface area (Å²) in [5.74, 6) is -0.314. The number of halogens is 2. The van der Waals surface area contributed by atoms with Crippen LogP contribution in [0.1, 0.15) is 6.42 Å². The number of benzene rings is 1. The average Bonchev–Trinajstić information content (AvgIpc) is 2.98. The fourth-order valence-electron chi connectivity index (χ4n) is 2.55. The van der Waals surface area contributed by atoms with Crippen molar-refractivity contribution < 1.29 is 13.6 Å². The van der Waals surface area contributed by atoms with E-state index < -0.39 is 5.95 Å². The lowest BCUT2D eigenvalue weighted by atomic mass is 10.3. The lowest BCUT2D eigenvalue weighted by molar-refractivity contribution is 0.249. The molecule has 1 aliphatic heterocycles. The summed E-state index contributed by atoms with van der Waals surface area (Å²) < 4.78 is 26.0. The molecule has 5 nitrogen and oxygen atoms in total. The maximum Gasteiger partial charge on any atom is 0.319 e. The molecule has 1 fully saturated rings. The normalized spacial score (nSPS) is 17.1. The number of hydrogen-bond donors (Lipinski definition) is 2. The molecule has 0 aliphatic carbocycles. The van der Waals surface area contributed by atoms with E-state index >= 15 is 0 Å². The molecule has 1 aliphatic rings.